The molecule has 3 nitrogen and oxygen atoms in total. The van der Waals surface area contributed by atoms with Crippen molar-refractivity contribution in [3.63, 3.8) is 0 Å². The third kappa shape index (κ3) is 4.94. The van der Waals surface area contributed by atoms with Gasteiger partial charge in [-0.1, -0.05) is 36.2 Å². The molecule has 0 aliphatic rings. The lowest BCUT2D eigenvalue weighted by atomic mass is 10.0. The summed E-state index contributed by atoms with van der Waals surface area (Å²) >= 11 is 0. The van der Waals surface area contributed by atoms with Gasteiger partial charge in [0.05, 0.1) is 5.69 Å². The average molecular weight is 283 g/mol. The van der Waals surface area contributed by atoms with Gasteiger partial charge in [-0.15, -0.1) is 0 Å². The molecule has 0 amide bonds. The fourth-order valence-electron chi connectivity index (χ4n) is 2.62. The van der Waals surface area contributed by atoms with E-state index in [9.17, 15) is 0 Å². The van der Waals surface area contributed by atoms with Gasteiger partial charge in [0.1, 0.15) is 5.82 Å². The molecule has 1 heterocycles. The number of hydrogen-bond donors (Lipinski definition) is 1. The lowest BCUT2D eigenvalue weighted by Crippen LogP contribution is -2.16. The van der Waals surface area contributed by atoms with E-state index < -0.39 is 0 Å². The van der Waals surface area contributed by atoms with E-state index in [1.165, 1.54) is 16.7 Å². The van der Waals surface area contributed by atoms with Crippen LogP contribution in [0.3, 0.4) is 0 Å². The zero-order valence-corrected chi connectivity index (χ0v) is 13.5. The van der Waals surface area contributed by atoms with Crippen LogP contribution in [-0.2, 0) is 13.0 Å². The molecule has 0 unspecified atom stereocenters. The maximum absolute atomic E-state index is 4.69. The van der Waals surface area contributed by atoms with Crippen LogP contribution < -0.4 is 5.32 Å². The molecule has 0 radical (unpaired) electrons. The molecule has 0 bridgehead atoms. The third-order valence-corrected chi connectivity index (χ3v) is 3.33. The summed E-state index contributed by atoms with van der Waals surface area (Å²) in [5.41, 5.74) is 5.99. The van der Waals surface area contributed by atoms with Gasteiger partial charge in [0.2, 0.25) is 0 Å². The van der Waals surface area contributed by atoms with E-state index in [2.05, 4.69) is 60.3 Å². The number of aryl methyl sites for hydroxylation is 3. The Morgan fingerprint density at radius 3 is 2.33 bits per heavy atom. The van der Waals surface area contributed by atoms with Crippen LogP contribution >= 0.6 is 0 Å². The Labute approximate surface area is 127 Å². The van der Waals surface area contributed by atoms with E-state index in [0.717, 1.165) is 43.1 Å². The normalized spacial score (nSPS) is 10.9. The second-order valence-corrected chi connectivity index (χ2v) is 5.77. The number of rotatable bonds is 6. The van der Waals surface area contributed by atoms with Gasteiger partial charge in [-0.2, -0.15) is 0 Å². The fourth-order valence-corrected chi connectivity index (χ4v) is 2.62. The smallest absolute Gasteiger partial charge is 0.133 e. The molecule has 112 valence electrons. The van der Waals surface area contributed by atoms with Crippen molar-refractivity contribution in [2.45, 2.75) is 47.1 Å². The van der Waals surface area contributed by atoms with Gasteiger partial charge < -0.3 is 5.32 Å². The summed E-state index contributed by atoms with van der Waals surface area (Å²) in [5.74, 6) is 0.910. The van der Waals surface area contributed by atoms with Crippen LogP contribution in [0, 0.1) is 20.8 Å². The molecule has 0 atom stereocenters. The molecular formula is C18H25N3. The molecule has 21 heavy (non-hydrogen) atoms. The van der Waals surface area contributed by atoms with E-state index in [1.54, 1.807) is 0 Å². The predicted octanol–water partition coefficient (Wildman–Crippen LogP) is 3.49. The van der Waals surface area contributed by atoms with Crippen LogP contribution in [-0.4, -0.2) is 16.5 Å². The quantitative estimate of drug-likeness (QED) is 0.825. The maximum atomic E-state index is 4.69. The zero-order valence-electron chi connectivity index (χ0n) is 13.5. The summed E-state index contributed by atoms with van der Waals surface area (Å²) in [6.07, 6.45) is 1.93. The minimum atomic E-state index is 0.797. The van der Waals surface area contributed by atoms with Gasteiger partial charge in [0.15, 0.2) is 0 Å². The summed E-state index contributed by atoms with van der Waals surface area (Å²) in [6.45, 7) is 10.3. The average Bonchev–Trinajstić information content (AvgIpc) is 2.37. The summed E-state index contributed by atoms with van der Waals surface area (Å²) < 4.78 is 0. The molecule has 0 aliphatic heterocycles. The van der Waals surface area contributed by atoms with E-state index in [0.29, 0.717) is 0 Å². The van der Waals surface area contributed by atoms with Crippen molar-refractivity contribution in [2.75, 3.05) is 6.54 Å². The number of benzene rings is 1. The molecule has 2 rings (SSSR count). The standard InChI is InChI=1S/C18H25N3/c1-5-6-19-12-17-10-15(4)20-18(21-17)11-16-8-13(2)7-14(3)9-16/h7-10,19H,5-6,11-12H2,1-4H3. The fraction of sp³-hybridized carbons (Fsp3) is 0.444. The van der Waals surface area contributed by atoms with E-state index in [1.807, 2.05) is 6.92 Å². The molecular weight excluding hydrogens is 258 g/mol. The molecule has 1 aromatic carbocycles. The highest BCUT2D eigenvalue weighted by molar-refractivity contribution is 5.30. The van der Waals surface area contributed by atoms with E-state index in [-0.39, 0.29) is 0 Å². The highest BCUT2D eigenvalue weighted by Crippen LogP contribution is 2.12. The molecule has 1 aromatic heterocycles. The van der Waals surface area contributed by atoms with Gasteiger partial charge in [-0.3, -0.25) is 0 Å². The molecule has 1 N–H and O–H groups in total. The Kier molecular flexibility index (Phi) is 5.45. The Morgan fingerprint density at radius 2 is 1.67 bits per heavy atom. The number of nitrogens with zero attached hydrogens (tertiary/aromatic N) is 2. The monoisotopic (exact) mass is 283 g/mol. The minimum absolute atomic E-state index is 0.797. The van der Waals surface area contributed by atoms with Crippen LogP contribution in [0.25, 0.3) is 0 Å². The number of hydrogen-bond acceptors (Lipinski definition) is 3. The third-order valence-electron chi connectivity index (χ3n) is 3.33. The highest BCUT2D eigenvalue weighted by atomic mass is 14.9. The summed E-state index contributed by atoms with van der Waals surface area (Å²) in [7, 11) is 0. The zero-order chi connectivity index (χ0) is 15.2. The first-order valence-electron chi connectivity index (χ1n) is 7.68. The van der Waals surface area contributed by atoms with Crippen LogP contribution in [0.4, 0.5) is 0 Å². The van der Waals surface area contributed by atoms with Crippen molar-refractivity contribution >= 4 is 0 Å². The first-order chi connectivity index (χ1) is 10.1. The molecule has 0 spiro atoms. The first-order valence-corrected chi connectivity index (χ1v) is 7.68. The maximum Gasteiger partial charge on any atom is 0.133 e. The van der Waals surface area contributed by atoms with Gasteiger partial charge >= 0.3 is 0 Å². The first kappa shape index (κ1) is 15.6. The molecule has 0 saturated carbocycles. The molecule has 0 fully saturated rings. The molecule has 2 aromatic rings. The number of aromatic nitrogens is 2. The van der Waals surface area contributed by atoms with Gasteiger partial charge in [-0.25, -0.2) is 9.97 Å². The van der Waals surface area contributed by atoms with Crippen molar-refractivity contribution in [1.29, 1.82) is 0 Å². The molecule has 3 heteroatoms. The van der Waals surface area contributed by atoms with Crippen LogP contribution in [0.5, 0.6) is 0 Å². The Balaban J connectivity index is 2.15. The largest absolute Gasteiger partial charge is 0.311 e. The second-order valence-electron chi connectivity index (χ2n) is 5.77. The van der Waals surface area contributed by atoms with Crippen molar-refractivity contribution in [1.82, 2.24) is 15.3 Å². The SMILES string of the molecule is CCCNCc1cc(C)nc(Cc2cc(C)cc(C)c2)n1. The van der Waals surface area contributed by atoms with Crippen molar-refractivity contribution in [2.24, 2.45) is 0 Å². The van der Waals surface area contributed by atoms with E-state index >= 15 is 0 Å². The van der Waals surface area contributed by atoms with Gasteiger partial charge in [0.25, 0.3) is 0 Å². The molecule has 0 saturated heterocycles. The van der Waals surface area contributed by atoms with Gasteiger partial charge in [-0.05, 0) is 45.4 Å². The number of nitrogens with one attached hydrogen (secondary N) is 1. The van der Waals surface area contributed by atoms with Crippen molar-refractivity contribution < 1.29 is 0 Å². The molecule has 0 aliphatic carbocycles. The van der Waals surface area contributed by atoms with Crippen molar-refractivity contribution in [3.05, 3.63) is 58.2 Å². The summed E-state index contributed by atoms with van der Waals surface area (Å²) in [5, 5.41) is 3.40. The minimum Gasteiger partial charge on any atom is -0.311 e. The van der Waals surface area contributed by atoms with Crippen LogP contribution in [0.1, 0.15) is 47.2 Å². The summed E-state index contributed by atoms with van der Waals surface area (Å²) in [6, 6.07) is 8.69. The van der Waals surface area contributed by atoms with Crippen LogP contribution in [0.2, 0.25) is 0 Å². The second kappa shape index (κ2) is 7.32. The Bertz CT molecular complexity index is 585. The summed E-state index contributed by atoms with van der Waals surface area (Å²) in [4.78, 5) is 9.26. The highest BCUT2D eigenvalue weighted by Gasteiger charge is 2.05. The Hall–Kier alpha value is -1.74. The lowest BCUT2D eigenvalue weighted by Gasteiger charge is -2.08. The topological polar surface area (TPSA) is 37.8 Å². The van der Waals surface area contributed by atoms with E-state index in [4.69, 9.17) is 0 Å². The van der Waals surface area contributed by atoms with Crippen molar-refractivity contribution in [3.8, 4) is 0 Å². The van der Waals surface area contributed by atoms with Gasteiger partial charge in [0, 0.05) is 18.7 Å². The van der Waals surface area contributed by atoms with Crippen LogP contribution in [0.15, 0.2) is 24.3 Å². The lowest BCUT2D eigenvalue weighted by molar-refractivity contribution is 0.658. The predicted molar refractivity (Wildman–Crippen MR) is 87.5 cm³/mol. The Morgan fingerprint density at radius 1 is 0.952 bits per heavy atom.